The highest BCUT2D eigenvalue weighted by atomic mass is 32.2. The molecule has 0 aliphatic rings. The normalized spacial score (nSPS) is 11.8. The van der Waals surface area contributed by atoms with Crippen LogP contribution in [0.15, 0.2) is 41.6 Å². The SMILES string of the molecule is CCN(Cc1cnn(C)c1)S(=O)(=O)c1ccc(OC)cc1. The fourth-order valence-corrected chi connectivity index (χ4v) is 3.46. The van der Waals surface area contributed by atoms with E-state index in [0.29, 0.717) is 18.8 Å². The first-order valence-corrected chi connectivity index (χ1v) is 8.03. The van der Waals surface area contributed by atoms with Crippen molar-refractivity contribution in [2.24, 2.45) is 7.05 Å². The minimum absolute atomic E-state index is 0.258. The fraction of sp³-hybridized carbons (Fsp3) is 0.357. The number of aromatic nitrogens is 2. The molecule has 114 valence electrons. The summed E-state index contributed by atoms with van der Waals surface area (Å²) in [5.41, 5.74) is 0.858. The fourth-order valence-electron chi connectivity index (χ4n) is 2.02. The lowest BCUT2D eigenvalue weighted by atomic mass is 10.3. The standard InChI is InChI=1S/C14H19N3O3S/c1-4-17(11-12-9-15-16(2)10-12)21(18,19)14-7-5-13(20-3)6-8-14/h5-10H,4,11H2,1-3H3. The molecule has 0 amide bonds. The number of methoxy groups -OCH3 is 1. The topological polar surface area (TPSA) is 64.4 Å². The Morgan fingerprint density at radius 1 is 1.29 bits per heavy atom. The third kappa shape index (κ3) is 3.43. The summed E-state index contributed by atoms with van der Waals surface area (Å²) in [4.78, 5) is 0.258. The van der Waals surface area contributed by atoms with Gasteiger partial charge in [-0.15, -0.1) is 0 Å². The van der Waals surface area contributed by atoms with E-state index >= 15 is 0 Å². The molecule has 0 unspecified atom stereocenters. The lowest BCUT2D eigenvalue weighted by Crippen LogP contribution is -2.30. The predicted octanol–water partition coefficient (Wildman–Crippen LogP) is 1.64. The maximum absolute atomic E-state index is 12.6. The third-order valence-corrected chi connectivity index (χ3v) is 5.10. The highest BCUT2D eigenvalue weighted by Crippen LogP contribution is 2.20. The smallest absolute Gasteiger partial charge is 0.243 e. The van der Waals surface area contributed by atoms with Crippen LogP contribution in [0.1, 0.15) is 12.5 Å². The van der Waals surface area contributed by atoms with Crippen molar-refractivity contribution in [1.82, 2.24) is 14.1 Å². The molecule has 0 aliphatic carbocycles. The van der Waals surface area contributed by atoms with Crippen LogP contribution < -0.4 is 4.74 Å². The Balaban J connectivity index is 2.25. The van der Waals surface area contributed by atoms with Gasteiger partial charge >= 0.3 is 0 Å². The van der Waals surface area contributed by atoms with Crippen LogP contribution in [0.4, 0.5) is 0 Å². The van der Waals surface area contributed by atoms with Crippen molar-refractivity contribution in [3.05, 3.63) is 42.2 Å². The van der Waals surface area contributed by atoms with Crippen LogP contribution in [-0.4, -0.2) is 36.2 Å². The van der Waals surface area contributed by atoms with Gasteiger partial charge in [-0.25, -0.2) is 8.42 Å². The molecule has 1 heterocycles. The molecule has 1 aromatic heterocycles. The van der Waals surface area contributed by atoms with E-state index in [1.165, 1.54) is 4.31 Å². The summed E-state index contributed by atoms with van der Waals surface area (Å²) in [6, 6.07) is 6.40. The summed E-state index contributed by atoms with van der Waals surface area (Å²) in [6.07, 6.45) is 3.48. The van der Waals surface area contributed by atoms with Crippen molar-refractivity contribution in [3.63, 3.8) is 0 Å². The van der Waals surface area contributed by atoms with Gasteiger partial charge in [0.05, 0.1) is 18.2 Å². The number of sulfonamides is 1. The minimum atomic E-state index is -3.52. The van der Waals surface area contributed by atoms with Gasteiger partial charge in [0.2, 0.25) is 10.0 Å². The number of ether oxygens (including phenoxy) is 1. The van der Waals surface area contributed by atoms with Crippen molar-refractivity contribution >= 4 is 10.0 Å². The second-order valence-electron chi connectivity index (χ2n) is 4.63. The summed E-state index contributed by atoms with van der Waals surface area (Å²) in [7, 11) is -0.175. The van der Waals surface area contributed by atoms with E-state index in [0.717, 1.165) is 5.56 Å². The van der Waals surface area contributed by atoms with E-state index in [1.54, 1.807) is 49.3 Å². The van der Waals surface area contributed by atoms with Gasteiger partial charge in [-0.05, 0) is 24.3 Å². The summed E-state index contributed by atoms with van der Waals surface area (Å²) < 4.78 is 33.4. The molecule has 0 atom stereocenters. The molecule has 6 nitrogen and oxygen atoms in total. The van der Waals surface area contributed by atoms with Gasteiger partial charge in [0.1, 0.15) is 5.75 Å². The van der Waals surface area contributed by atoms with Gasteiger partial charge in [0, 0.05) is 31.9 Å². The molecule has 2 aromatic rings. The largest absolute Gasteiger partial charge is 0.497 e. The zero-order chi connectivity index (χ0) is 15.5. The molecule has 1 aromatic carbocycles. The Labute approximate surface area is 125 Å². The van der Waals surface area contributed by atoms with Crippen LogP contribution in [0.5, 0.6) is 5.75 Å². The molecule has 2 rings (SSSR count). The van der Waals surface area contributed by atoms with E-state index in [1.807, 2.05) is 13.1 Å². The predicted molar refractivity (Wildman–Crippen MR) is 79.5 cm³/mol. The molecule has 0 radical (unpaired) electrons. The van der Waals surface area contributed by atoms with Crippen LogP contribution in [-0.2, 0) is 23.6 Å². The number of aryl methyl sites for hydroxylation is 1. The van der Waals surface area contributed by atoms with Gasteiger partial charge in [-0.1, -0.05) is 6.92 Å². The van der Waals surface area contributed by atoms with Gasteiger partial charge in [-0.3, -0.25) is 4.68 Å². The monoisotopic (exact) mass is 309 g/mol. The average molecular weight is 309 g/mol. The molecule has 0 fully saturated rings. The first kappa shape index (κ1) is 15.5. The van der Waals surface area contributed by atoms with Crippen LogP contribution >= 0.6 is 0 Å². The Bertz CT molecular complexity index is 693. The molecule has 0 aliphatic heterocycles. The molecule has 0 spiro atoms. The third-order valence-electron chi connectivity index (χ3n) is 3.17. The molecule has 0 bridgehead atoms. The molecule has 0 N–H and O–H groups in total. The van der Waals surface area contributed by atoms with Gasteiger partial charge in [0.15, 0.2) is 0 Å². The maximum atomic E-state index is 12.6. The van der Waals surface area contributed by atoms with Crippen LogP contribution in [0.2, 0.25) is 0 Å². The molecule has 7 heteroatoms. The number of hydrogen-bond donors (Lipinski definition) is 0. The molecule has 21 heavy (non-hydrogen) atoms. The molecule has 0 saturated heterocycles. The van der Waals surface area contributed by atoms with Crippen molar-refractivity contribution < 1.29 is 13.2 Å². The number of hydrogen-bond acceptors (Lipinski definition) is 4. The number of benzene rings is 1. The number of rotatable bonds is 6. The quantitative estimate of drug-likeness (QED) is 0.814. The van der Waals surface area contributed by atoms with Crippen molar-refractivity contribution in [2.45, 2.75) is 18.4 Å². The van der Waals surface area contributed by atoms with E-state index < -0.39 is 10.0 Å². The van der Waals surface area contributed by atoms with Crippen molar-refractivity contribution in [2.75, 3.05) is 13.7 Å². The summed E-state index contributed by atoms with van der Waals surface area (Å²) in [5.74, 6) is 0.629. The minimum Gasteiger partial charge on any atom is -0.497 e. The summed E-state index contributed by atoms with van der Waals surface area (Å²) in [6.45, 7) is 2.51. The van der Waals surface area contributed by atoms with E-state index in [4.69, 9.17) is 4.74 Å². The lowest BCUT2D eigenvalue weighted by Gasteiger charge is -2.20. The highest BCUT2D eigenvalue weighted by molar-refractivity contribution is 7.89. The van der Waals surface area contributed by atoms with Crippen LogP contribution in [0, 0.1) is 0 Å². The maximum Gasteiger partial charge on any atom is 0.243 e. The van der Waals surface area contributed by atoms with Crippen LogP contribution in [0.25, 0.3) is 0 Å². The first-order valence-electron chi connectivity index (χ1n) is 6.59. The van der Waals surface area contributed by atoms with Gasteiger partial charge in [0.25, 0.3) is 0 Å². The average Bonchev–Trinajstić information content (AvgIpc) is 2.90. The Hall–Kier alpha value is -1.86. The van der Waals surface area contributed by atoms with Crippen molar-refractivity contribution in [1.29, 1.82) is 0 Å². The zero-order valence-corrected chi connectivity index (χ0v) is 13.2. The van der Waals surface area contributed by atoms with E-state index in [2.05, 4.69) is 5.10 Å². The number of nitrogens with zero attached hydrogens (tertiary/aromatic N) is 3. The molecular weight excluding hydrogens is 290 g/mol. The Kier molecular flexibility index (Phi) is 4.64. The summed E-state index contributed by atoms with van der Waals surface area (Å²) >= 11 is 0. The second kappa shape index (κ2) is 6.28. The zero-order valence-electron chi connectivity index (χ0n) is 12.4. The Morgan fingerprint density at radius 2 is 1.95 bits per heavy atom. The first-order chi connectivity index (χ1) is 9.97. The highest BCUT2D eigenvalue weighted by Gasteiger charge is 2.23. The van der Waals surface area contributed by atoms with Gasteiger partial charge in [-0.2, -0.15) is 9.40 Å². The molecular formula is C14H19N3O3S. The molecule has 0 saturated carbocycles. The summed E-state index contributed by atoms with van der Waals surface area (Å²) in [5, 5.41) is 4.06. The Morgan fingerprint density at radius 3 is 2.43 bits per heavy atom. The van der Waals surface area contributed by atoms with E-state index in [9.17, 15) is 8.42 Å². The second-order valence-corrected chi connectivity index (χ2v) is 6.57. The van der Waals surface area contributed by atoms with Gasteiger partial charge < -0.3 is 4.74 Å². The van der Waals surface area contributed by atoms with Crippen molar-refractivity contribution in [3.8, 4) is 5.75 Å². The van der Waals surface area contributed by atoms with E-state index in [-0.39, 0.29) is 4.90 Å². The van der Waals surface area contributed by atoms with Crippen LogP contribution in [0.3, 0.4) is 0 Å². The lowest BCUT2D eigenvalue weighted by molar-refractivity contribution is 0.413.